The molecule has 2 aromatic rings. The number of nitrogens with zero attached hydrogens (tertiary/aromatic N) is 3. The quantitative estimate of drug-likeness (QED) is 0.724. The molecule has 0 spiro atoms. The Balaban J connectivity index is 1.62. The van der Waals surface area contributed by atoms with Gasteiger partial charge < -0.3 is 9.32 Å². The van der Waals surface area contributed by atoms with Gasteiger partial charge in [-0.25, -0.2) is 8.42 Å². The van der Waals surface area contributed by atoms with Crippen LogP contribution in [0.5, 0.6) is 0 Å². The van der Waals surface area contributed by atoms with E-state index in [1.807, 2.05) is 17.5 Å². The van der Waals surface area contributed by atoms with Crippen molar-refractivity contribution >= 4 is 38.8 Å². The van der Waals surface area contributed by atoms with E-state index in [0.29, 0.717) is 17.5 Å². The molecule has 7 nitrogen and oxygen atoms in total. The summed E-state index contributed by atoms with van der Waals surface area (Å²) in [5.74, 6) is 0.473. The first-order valence-corrected chi connectivity index (χ1v) is 10.9. The molecule has 3 rings (SSSR count). The number of carbonyl (C=O) groups is 1. The monoisotopic (exact) mass is 387 g/mol. The summed E-state index contributed by atoms with van der Waals surface area (Å²) in [6.45, 7) is 1.75. The van der Waals surface area contributed by atoms with Gasteiger partial charge in [0.05, 0.1) is 21.6 Å². The number of aromatic nitrogens is 2. The predicted octanol–water partition coefficient (Wildman–Crippen LogP) is 1.92. The molecular formula is C14H17N3O4S3. The number of amides is 1. The van der Waals surface area contributed by atoms with E-state index in [4.69, 9.17) is 4.42 Å². The summed E-state index contributed by atoms with van der Waals surface area (Å²) < 4.78 is 28.7. The summed E-state index contributed by atoms with van der Waals surface area (Å²) in [7, 11) is -1.37. The maximum Gasteiger partial charge on any atom is 0.277 e. The third kappa shape index (κ3) is 3.81. The van der Waals surface area contributed by atoms with E-state index in [-0.39, 0.29) is 23.5 Å². The number of hydrogen-bond donors (Lipinski definition) is 0. The lowest BCUT2D eigenvalue weighted by atomic mass is 10.2. The van der Waals surface area contributed by atoms with Crippen molar-refractivity contribution in [3.63, 3.8) is 0 Å². The first-order chi connectivity index (χ1) is 11.4. The largest absolute Gasteiger partial charge is 0.410 e. The zero-order valence-corrected chi connectivity index (χ0v) is 15.7. The van der Waals surface area contributed by atoms with Gasteiger partial charge in [-0.2, -0.15) is 0 Å². The molecular weight excluding hydrogens is 370 g/mol. The Labute approximate surface area is 148 Å². The highest BCUT2D eigenvalue weighted by atomic mass is 32.2. The molecule has 1 amide bonds. The average molecular weight is 388 g/mol. The van der Waals surface area contributed by atoms with Crippen LogP contribution in [0.2, 0.25) is 0 Å². The third-order valence-corrected chi connectivity index (χ3v) is 7.40. The molecule has 1 fully saturated rings. The third-order valence-electron chi connectivity index (χ3n) is 3.87. The first kappa shape index (κ1) is 17.4. The molecule has 0 radical (unpaired) electrons. The molecule has 2 aromatic heterocycles. The van der Waals surface area contributed by atoms with Gasteiger partial charge in [0, 0.05) is 13.1 Å². The molecule has 10 heteroatoms. The van der Waals surface area contributed by atoms with Crippen molar-refractivity contribution in [3.8, 4) is 10.8 Å². The molecule has 130 valence electrons. The molecule has 0 aliphatic carbocycles. The topological polar surface area (TPSA) is 93.4 Å². The van der Waals surface area contributed by atoms with Crippen molar-refractivity contribution in [2.45, 2.75) is 29.9 Å². The van der Waals surface area contributed by atoms with E-state index >= 15 is 0 Å². The fourth-order valence-electron chi connectivity index (χ4n) is 2.51. The fraction of sp³-hybridized carbons (Fsp3) is 0.500. The van der Waals surface area contributed by atoms with Gasteiger partial charge in [-0.3, -0.25) is 4.79 Å². The van der Waals surface area contributed by atoms with Crippen molar-refractivity contribution in [1.82, 2.24) is 15.1 Å². The number of thiophene rings is 1. The summed E-state index contributed by atoms with van der Waals surface area (Å²) in [5, 5.41) is 9.75. The minimum absolute atomic E-state index is 0.0374. The maximum absolute atomic E-state index is 12.5. The molecule has 3 heterocycles. The number of sulfone groups is 1. The minimum atomic E-state index is -3.02. The highest BCUT2D eigenvalue weighted by molar-refractivity contribution is 8.00. The molecule has 0 saturated carbocycles. The van der Waals surface area contributed by atoms with Crippen LogP contribution >= 0.6 is 23.1 Å². The van der Waals surface area contributed by atoms with Gasteiger partial charge in [0.15, 0.2) is 9.84 Å². The number of carbonyl (C=O) groups excluding carboxylic acids is 1. The Morgan fingerprint density at radius 2 is 2.29 bits per heavy atom. The lowest BCUT2D eigenvalue weighted by Crippen LogP contribution is -2.41. The van der Waals surface area contributed by atoms with Crippen LogP contribution in [0.25, 0.3) is 10.8 Å². The van der Waals surface area contributed by atoms with Crippen molar-refractivity contribution < 1.29 is 17.6 Å². The number of hydrogen-bond acceptors (Lipinski definition) is 8. The lowest BCUT2D eigenvalue weighted by Gasteiger charge is -2.25. The van der Waals surface area contributed by atoms with E-state index < -0.39 is 15.1 Å². The van der Waals surface area contributed by atoms with Crippen LogP contribution < -0.4 is 0 Å². The summed E-state index contributed by atoms with van der Waals surface area (Å²) in [6.07, 6.45) is 0.491. The second kappa shape index (κ2) is 6.85. The Morgan fingerprint density at radius 1 is 1.50 bits per heavy atom. The van der Waals surface area contributed by atoms with E-state index in [9.17, 15) is 13.2 Å². The van der Waals surface area contributed by atoms with Gasteiger partial charge >= 0.3 is 0 Å². The Hall–Kier alpha value is -1.39. The minimum Gasteiger partial charge on any atom is -0.410 e. The van der Waals surface area contributed by atoms with Crippen LogP contribution in [0.3, 0.4) is 0 Å². The second-order valence-electron chi connectivity index (χ2n) is 5.62. The van der Waals surface area contributed by atoms with E-state index in [0.717, 1.165) is 4.88 Å². The molecule has 1 saturated heterocycles. The van der Waals surface area contributed by atoms with Gasteiger partial charge in [-0.05, 0) is 24.8 Å². The van der Waals surface area contributed by atoms with Crippen LogP contribution in [-0.4, -0.2) is 59.3 Å². The highest BCUT2D eigenvalue weighted by Gasteiger charge is 2.34. The first-order valence-electron chi connectivity index (χ1n) is 7.37. The van der Waals surface area contributed by atoms with Crippen LogP contribution in [0.4, 0.5) is 0 Å². The van der Waals surface area contributed by atoms with Crippen LogP contribution in [-0.2, 0) is 14.6 Å². The summed E-state index contributed by atoms with van der Waals surface area (Å²) in [5.41, 5.74) is 0. The van der Waals surface area contributed by atoms with Gasteiger partial charge in [0.2, 0.25) is 5.91 Å². The zero-order valence-electron chi connectivity index (χ0n) is 13.2. The van der Waals surface area contributed by atoms with Crippen LogP contribution in [0, 0.1) is 0 Å². The molecule has 1 aliphatic rings. The predicted molar refractivity (Wildman–Crippen MR) is 92.8 cm³/mol. The molecule has 1 aliphatic heterocycles. The standard InChI is InChI=1S/C14H17N3O4S3/c1-9(13(18)17(2)10-5-7-24(19,20)8-10)23-14-16-15-12(21-14)11-4-3-6-22-11/h3-4,6,9-10H,5,7-8H2,1-2H3/t9-,10-/m1/s1. The number of rotatable bonds is 5. The molecule has 0 unspecified atom stereocenters. The van der Waals surface area contributed by atoms with Gasteiger partial charge in [-0.15, -0.1) is 21.5 Å². The Bertz CT molecular complexity index is 816. The average Bonchev–Trinajstić information content (AvgIpc) is 3.25. The molecule has 0 N–H and O–H groups in total. The Morgan fingerprint density at radius 3 is 2.92 bits per heavy atom. The van der Waals surface area contributed by atoms with Gasteiger partial charge in [0.25, 0.3) is 11.1 Å². The Kier molecular flexibility index (Phi) is 4.97. The van der Waals surface area contributed by atoms with Crippen molar-refractivity contribution in [1.29, 1.82) is 0 Å². The molecule has 24 heavy (non-hydrogen) atoms. The maximum atomic E-state index is 12.5. The van der Waals surface area contributed by atoms with Crippen molar-refractivity contribution in [2.75, 3.05) is 18.6 Å². The molecule has 2 atom stereocenters. The van der Waals surface area contributed by atoms with E-state index in [2.05, 4.69) is 10.2 Å². The highest BCUT2D eigenvalue weighted by Crippen LogP contribution is 2.29. The van der Waals surface area contributed by atoms with Gasteiger partial charge in [0.1, 0.15) is 0 Å². The van der Waals surface area contributed by atoms with E-state index in [1.165, 1.54) is 28.0 Å². The fourth-order valence-corrected chi connectivity index (χ4v) is 5.71. The van der Waals surface area contributed by atoms with Crippen molar-refractivity contribution in [3.05, 3.63) is 17.5 Å². The van der Waals surface area contributed by atoms with E-state index in [1.54, 1.807) is 14.0 Å². The molecule has 0 bridgehead atoms. The number of thioether (sulfide) groups is 1. The normalized spacial score (nSPS) is 20.8. The molecule has 0 aromatic carbocycles. The SMILES string of the molecule is C[C@@H](Sc1nnc(-c2cccs2)o1)C(=O)N(C)[C@@H]1CCS(=O)(=O)C1. The zero-order chi connectivity index (χ0) is 17.3. The summed E-state index contributed by atoms with van der Waals surface area (Å²) in [6, 6.07) is 3.53. The summed E-state index contributed by atoms with van der Waals surface area (Å²) in [4.78, 5) is 14.9. The summed E-state index contributed by atoms with van der Waals surface area (Å²) >= 11 is 2.68. The van der Waals surface area contributed by atoms with Gasteiger partial charge in [-0.1, -0.05) is 17.8 Å². The van der Waals surface area contributed by atoms with Crippen LogP contribution in [0.1, 0.15) is 13.3 Å². The smallest absolute Gasteiger partial charge is 0.277 e. The second-order valence-corrected chi connectivity index (χ2v) is 10.1. The lowest BCUT2D eigenvalue weighted by molar-refractivity contribution is -0.130. The van der Waals surface area contributed by atoms with Crippen LogP contribution in [0.15, 0.2) is 27.2 Å². The van der Waals surface area contributed by atoms with Crippen molar-refractivity contribution in [2.24, 2.45) is 0 Å².